The van der Waals surface area contributed by atoms with E-state index in [4.69, 9.17) is 10.00 Å². The molecule has 20 heavy (non-hydrogen) atoms. The standard InChI is InChI=1S/C16H17N3O/c1-11-9-12(2)16(20-3)13(10-11)14-6-8-18-15(19-14)5-4-7-17/h6,8-10H,4-5H2,1-3H3. The second-order valence-corrected chi connectivity index (χ2v) is 4.68. The third-order valence-electron chi connectivity index (χ3n) is 3.06. The molecule has 4 nitrogen and oxygen atoms in total. The maximum atomic E-state index is 8.64. The molecule has 0 fully saturated rings. The van der Waals surface area contributed by atoms with Crippen LogP contribution in [0.3, 0.4) is 0 Å². The van der Waals surface area contributed by atoms with Gasteiger partial charge >= 0.3 is 0 Å². The predicted octanol–water partition coefficient (Wildman–Crippen LogP) is 3.23. The molecule has 2 aromatic rings. The SMILES string of the molecule is COc1c(C)cc(C)cc1-c1ccnc(CCC#N)n1. The number of ether oxygens (including phenoxy) is 1. The van der Waals surface area contributed by atoms with Gasteiger partial charge in [-0.2, -0.15) is 5.26 Å². The lowest BCUT2D eigenvalue weighted by molar-refractivity contribution is 0.413. The molecule has 0 saturated carbocycles. The Hall–Kier alpha value is -2.41. The molecule has 0 aliphatic rings. The average molecular weight is 267 g/mol. The van der Waals surface area contributed by atoms with Crippen LogP contribution in [0.1, 0.15) is 23.4 Å². The van der Waals surface area contributed by atoms with Crippen LogP contribution in [-0.4, -0.2) is 17.1 Å². The van der Waals surface area contributed by atoms with E-state index >= 15 is 0 Å². The Labute approximate surface area is 119 Å². The van der Waals surface area contributed by atoms with E-state index in [-0.39, 0.29) is 0 Å². The lowest BCUT2D eigenvalue weighted by Gasteiger charge is -2.12. The zero-order chi connectivity index (χ0) is 14.5. The summed E-state index contributed by atoms with van der Waals surface area (Å²) in [6.45, 7) is 4.07. The van der Waals surface area contributed by atoms with Crippen LogP contribution >= 0.6 is 0 Å². The van der Waals surface area contributed by atoms with E-state index in [1.165, 1.54) is 0 Å². The van der Waals surface area contributed by atoms with E-state index in [1.54, 1.807) is 13.3 Å². The van der Waals surface area contributed by atoms with Gasteiger partial charge in [-0.15, -0.1) is 0 Å². The fourth-order valence-electron chi connectivity index (χ4n) is 2.25. The van der Waals surface area contributed by atoms with E-state index in [0.717, 1.165) is 28.1 Å². The van der Waals surface area contributed by atoms with Crippen molar-refractivity contribution < 1.29 is 4.74 Å². The summed E-state index contributed by atoms with van der Waals surface area (Å²) in [6.07, 6.45) is 2.72. The van der Waals surface area contributed by atoms with Gasteiger partial charge < -0.3 is 4.74 Å². The summed E-state index contributed by atoms with van der Waals surface area (Å²) in [5.74, 6) is 1.52. The quantitative estimate of drug-likeness (QED) is 0.853. The number of benzene rings is 1. The highest BCUT2D eigenvalue weighted by atomic mass is 16.5. The third-order valence-corrected chi connectivity index (χ3v) is 3.06. The van der Waals surface area contributed by atoms with Gasteiger partial charge in [0.15, 0.2) is 0 Å². The number of aromatic nitrogens is 2. The number of nitriles is 1. The zero-order valence-electron chi connectivity index (χ0n) is 12.0. The minimum absolute atomic E-state index is 0.424. The molecule has 0 atom stereocenters. The molecule has 0 N–H and O–H groups in total. The number of rotatable bonds is 4. The van der Waals surface area contributed by atoms with Crippen molar-refractivity contribution >= 4 is 0 Å². The monoisotopic (exact) mass is 267 g/mol. The Morgan fingerprint density at radius 2 is 2.10 bits per heavy atom. The van der Waals surface area contributed by atoms with E-state index < -0.39 is 0 Å². The van der Waals surface area contributed by atoms with Gasteiger partial charge in [0, 0.05) is 24.6 Å². The zero-order valence-corrected chi connectivity index (χ0v) is 12.0. The van der Waals surface area contributed by atoms with Crippen molar-refractivity contribution in [2.24, 2.45) is 0 Å². The Morgan fingerprint density at radius 1 is 1.30 bits per heavy atom. The van der Waals surface area contributed by atoms with Gasteiger partial charge in [0.25, 0.3) is 0 Å². The first-order valence-electron chi connectivity index (χ1n) is 6.50. The molecule has 0 radical (unpaired) electrons. The normalized spacial score (nSPS) is 10.1. The Morgan fingerprint density at radius 3 is 2.80 bits per heavy atom. The second-order valence-electron chi connectivity index (χ2n) is 4.68. The van der Waals surface area contributed by atoms with Gasteiger partial charge in [0.2, 0.25) is 0 Å². The highest BCUT2D eigenvalue weighted by Gasteiger charge is 2.11. The van der Waals surface area contributed by atoms with Gasteiger partial charge in [0.05, 0.1) is 18.9 Å². The number of aryl methyl sites for hydroxylation is 3. The summed E-state index contributed by atoms with van der Waals surface area (Å²) in [6, 6.07) is 8.12. The molecule has 0 unspecified atom stereocenters. The second kappa shape index (κ2) is 6.16. The molecular formula is C16H17N3O. The molecule has 0 saturated heterocycles. The summed E-state index contributed by atoms with van der Waals surface area (Å²) in [5, 5.41) is 8.64. The largest absolute Gasteiger partial charge is 0.496 e. The molecule has 0 bridgehead atoms. The van der Waals surface area contributed by atoms with Crippen molar-refractivity contribution in [2.75, 3.05) is 7.11 Å². The minimum Gasteiger partial charge on any atom is -0.496 e. The van der Waals surface area contributed by atoms with E-state index in [0.29, 0.717) is 18.7 Å². The van der Waals surface area contributed by atoms with Gasteiger partial charge in [-0.05, 0) is 37.1 Å². The maximum absolute atomic E-state index is 8.64. The van der Waals surface area contributed by atoms with Crippen LogP contribution in [-0.2, 0) is 6.42 Å². The Balaban J connectivity index is 2.48. The predicted molar refractivity (Wildman–Crippen MR) is 77.4 cm³/mol. The molecule has 0 spiro atoms. The number of nitrogens with zero attached hydrogens (tertiary/aromatic N) is 3. The molecule has 1 heterocycles. The Bertz CT molecular complexity index is 659. The van der Waals surface area contributed by atoms with Crippen molar-refractivity contribution in [3.63, 3.8) is 0 Å². The van der Waals surface area contributed by atoms with Crippen LogP contribution in [0.2, 0.25) is 0 Å². The molecule has 102 valence electrons. The first-order valence-corrected chi connectivity index (χ1v) is 6.50. The van der Waals surface area contributed by atoms with Crippen LogP contribution < -0.4 is 4.74 Å². The molecule has 4 heteroatoms. The van der Waals surface area contributed by atoms with Crippen molar-refractivity contribution in [3.8, 4) is 23.1 Å². The van der Waals surface area contributed by atoms with Crippen molar-refractivity contribution in [1.29, 1.82) is 5.26 Å². The molecule has 0 aliphatic carbocycles. The first-order chi connectivity index (χ1) is 9.65. The first kappa shape index (κ1) is 14.0. The van der Waals surface area contributed by atoms with E-state index in [9.17, 15) is 0 Å². The lowest BCUT2D eigenvalue weighted by Crippen LogP contribution is -1.98. The molecule has 0 aliphatic heterocycles. The van der Waals surface area contributed by atoms with Crippen molar-refractivity contribution in [3.05, 3.63) is 41.3 Å². The number of hydrogen-bond donors (Lipinski definition) is 0. The smallest absolute Gasteiger partial charge is 0.131 e. The van der Waals surface area contributed by atoms with E-state index in [1.807, 2.05) is 19.9 Å². The average Bonchev–Trinajstić information content (AvgIpc) is 2.44. The molecule has 2 rings (SSSR count). The molecule has 1 aromatic carbocycles. The van der Waals surface area contributed by atoms with E-state index in [2.05, 4.69) is 28.2 Å². The summed E-state index contributed by atoms with van der Waals surface area (Å²) < 4.78 is 5.49. The maximum Gasteiger partial charge on any atom is 0.131 e. The summed E-state index contributed by atoms with van der Waals surface area (Å²) >= 11 is 0. The van der Waals surface area contributed by atoms with Crippen molar-refractivity contribution in [2.45, 2.75) is 26.7 Å². The molecule has 0 amide bonds. The minimum atomic E-state index is 0.424. The molecular weight excluding hydrogens is 250 g/mol. The summed E-state index contributed by atoms with van der Waals surface area (Å²) in [7, 11) is 1.67. The van der Waals surface area contributed by atoms with Gasteiger partial charge in [0.1, 0.15) is 11.6 Å². The highest BCUT2D eigenvalue weighted by molar-refractivity contribution is 5.70. The van der Waals surface area contributed by atoms with Crippen LogP contribution in [0.5, 0.6) is 5.75 Å². The highest BCUT2D eigenvalue weighted by Crippen LogP contribution is 2.32. The number of methoxy groups -OCH3 is 1. The molecule has 1 aromatic heterocycles. The third kappa shape index (κ3) is 2.94. The lowest BCUT2D eigenvalue weighted by atomic mass is 10.0. The van der Waals surface area contributed by atoms with Gasteiger partial charge in [-0.1, -0.05) is 6.07 Å². The van der Waals surface area contributed by atoms with Gasteiger partial charge in [-0.25, -0.2) is 9.97 Å². The van der Waals surface area contributed by atoms with Crippen LogP contribution in [0, 0.1) is 25.2 Å². The van der Waals surface area contributed by atoms with Crippen LogP contribution in [0.15, 0.2) is 24.4 Å². The number of hydrogen-bond acceptors (Lipinski definition) is 4. The fraction of sp³-hybridized carbons (Fsp3) is 0.312. The summed E-state index contributed by atoms with van der Waals surface area (Å²) in [4.78, 5) is 8.73. The Kier molecular flexibility index (Phi) is 4.31. The van der Waals surface area contributed by atoms with Crippen LogP contribution in [0.25, 0.3) is 11.3 Å². The summed E-state index contributed by atoms with van der Waals surface area (Å²) in [5.41, 5.74) is 4.04. The fourth-order valence-corrected chi connectivity index (χ4v) is 2.25. The van der Waals surface area contributed by atoms with Gasteiger partial charge in [-0.3, -0.25) is 0 Å². The van der Waals surface area contributed by atoms with Crippen LogP contribution in [0.4, 0.5) is 0 Å². The van der Waals surface area contributed by atoms with Crippen molar-refractivity contribution in [1.82, 2.24) is 9.97 Å². The topological polar surface area (TPSA) is 58.8 Å².